The van der Waals surface area contributed by atoms with Crippen molar-refractivity contribution in [3.8, 4) is 0 Å². The van der Waals surface area contributed by atoms with Gasteiger partial charge in [-0.3, -0.25) is 4.98 Å². The van der Waals surface area contributed by atoms with Crippen molar-refractivity contribution < 1.29 is 0 Å². The summed E-state index contributed by atoms with van der Waals surface area (Å²) in [5.41, 5.74) is 2.58. The molecule has 84 valence electrons. The topological polar surface area (TPSA) is 12.9 Å². The number of rotatable bonds is 5. The Morgan fingerprint density at radius 2 is 1.88 bits per heavy atom. The molecule has 0 aliphatic carbocycles. The number of fused-ring (bicyclic) bond motifs is 1. The lowest BCUT2D eigenvalue weighted by atomic mass is 10.0. The summed E-state index contributed by atoms with van der Waals surface area (Å²) < 4.78 is 0. The quantitative estimate of drug-likeness (QED) is 0.672. The Labute approximate surface area is 97.5 Å². The van der Waals surface area contributed by atoms with Crippen LogP contribution in [0.4, 0.5) is 0 Å². The van der Waals surface area contributed by atoms with Crippen LogP contribution in [-0.2, 0) is 6.42 Å². The van der Waals surface area contributed by atoms with Gasteiger partial charge in [0.15, 0.2) is 0 Å². The molecule has 0 saturated carbocycles. The molecule has 0 fully saturated rings. The summed E-state index contributed by atoms with van der Waals surface area (Å²) in [6.07, 6.45) is 8.31. The highest BCUT2D eigenvalue weighted by Crippen LogP contribution is 2.18. The van der Waals surface area contributed by atoms with Gasteiger partial charge in [-0.25, -0.2) is 0 Å². The fourth-order valence-electron chi connectivity index (χ4n) is 2.11. The lowest BCUT2D eigenvalue weighted by molar-refractivity contribution is 0.668. The van der Waals surface area contributed by atoms with Crippen molar-refractivity contribution in [1.29, 1.82) is 0 Å². The third-order valence-electron chi connectivity index (χ3n) is 3.02. The van der Waals surface area contributed by atoms with E-state index in [1.807, 2.05) is 12.3 Å². The van der Waals surface area contributed by atoms with Crippen LogP contribution in [0.3, 0.4) is 0 Å². The molecular formula is C15H19N. The van der Waals surface area contributed by atoms with Crippen LogP contribution in [0.2, 0.25) is 0 Å². The third kappa shape index (κ3) is 2.60. The van der Waals surface area contributed by atoms with Crippen LogP contribution in [0.15, 0.2) is 36.5 Å². The first-order valence-corrected chi connectivity index (χ1v) is 6.24. The second-order valence-corrected chi connectivity index (χ2v) is 4.30. The van der Waals surface area contributed by atoms with Gasteiger partial charge in [-0.2, -0.15) is 0 Å². The van der Waals surface area contributed by atoms with Crippen molar-refractivity contribution >= 4 is 10.9 Å². The fourth-order valence-corrected chi connectivity index (χ4v) is 2.11. The maximum atomic E-state index is 4.48. The fraction of sp³-hybridized carbons (Fsp3) is 0.400. The molecule has 2 rings (SSSR count). The summed E-state index contributed by atoms with van der Waals surface area (Å²) in [5.74, 6) is 0. The average molecular weight is 213 g/mol. The minimum absolute atomic E-state index is 1.16. The van der Waals surface area contributed by atoms with Gasteiger partial charge < -0.3 is 0 Å². The third-order valence-corrected chi connectivity index (χ3v) is 3.02. The van der Waals surface area contributed by atoms with E-state index in [0.717, 1.165) is 6.42 Å². The molecule has 0 saturated heterocycles. The van der Waals surface area contributed by atoms with E-state index in [9.17, 15) is 0 Å². The van der Waals surface area contributed by atoms with E-state index in [-0.39, 0.29) is 0 Å². The molecule has 1 heteroatoms. The van der Waals surface area contributed by atoms with Crippen molar-refractivity contribution in [2.75, 3.05) is 0 Å². The Balaban J connectivity index is 2.11. The number of hydrogen-bond acceptors (Lipinski definition) is 1. The van der Waals surface area contributed by atoms with Gasteiger partial charge in [0.25, 0.3) is 0 Å². The number of aryl methyl sites for hydroxylation is 1. The van der Waals surface area contributed by atoms with Gasteiger partial charge in [-0.1, -0.05) is 50.5 Å². The molecule has 0 bridgehead atoms. The summed E-state index contributed by atoms with van der Waals surface area (Å²) in [5, 5.41) is 1.26. The summed E-state index contributed by atoms with van der Waals surface area (Å²) in [6, 6.07) is 10.6. The van der Waals surface area contributed by atoms with Gasteiger partial charge >= 0.3 is 0 Å². The van der Waals surface area contributed by atoms with Crippen LogP contribution in [0.1, 0.15) is 38.2 Å². The summed E-state index contributed by atoms with van der Waals surface area (Å²) >= 11 is 0. The Hall–Kier alpha value is -1.37. The molecule has 0 spiro atoms. The molecule has 0 radical (unpaired) electrons. The number of para-hydroxylation sites is 1. The van der Waals surface area contributed by atoms with Crippen LogP contribution in [0, 0.1) is 0 Å². The maximum Gasteiger partial charge on any atom is 0.0733 e. The van der Waals surface area contributed by atoms with E-state index in [2.05, 4.69) is 36.2 Å². The molecular weight excluding hydrogens is 194 g/mol. The average Bonchev–Trinajstić information content (AvgIpc) is 2.35. The van der Waals surface area contributed by atoms with Crippen LogP contribution in [0.25, 0.3) is 10.9 Å². The largest absolute Gasteiger partial charge is 0.256 e. The first kappa shape index (κ1) is 11.1. The molecule has 0 amide bonds. The van der Waals surface area contributed by atoms with E-state index < -0.39 is 0 Å². The van der Waals surface area contributed by atoms with Crippen LogP contribution in [-0.4, -0.2) is 4.98 Å². The minimum Gasteiger partial charge on any atom is -0.256 e. The molecule has 1 aromatic heterocycles. The molecule has 1 aromatic carbocycles. The Morgan fingerprint density at radius 3 is 2.75 bits per heavy atom. The summed E-state index contributed by atoms with van der Waals surface area (Å²) in [6.45, 7) is 2.25. The Bertz CT molecular complexity index is 443. The highest BCUT2D eigenvalue weighted by molar-refractivity contribution is 5.81. The van der Waals surface area contributed by atoms with E-state index in [1.54, 1.807) is 0 Å². The van der Waals surface area contributed by atoms with Gasteiger partial charge in [0.2, 0.25) is 0 Å². The predicted molar refractivity (Wildman–Crippen MR) is 69.6 cm³/mol. The number of unbranched alkanes of at least 4 members (excludes halogenated alkanes) is 3. The number of hydrogen-bond donors (Lipinski definition) is 0. The second kappa shape index (κ2) is 5.64. The van der Waals surface area contributed by atoms with E-state index in [0.29, 0.717) is 0 Å². The molecule has 16 heavy (non-hydrogen) atoms. The zero-order valence-corrected chi connectivity index (χ0v) is 9.95. The monoisotopic (exact) mass is 213 g/mol. The second-order valence-electron chi connectivity index (χ2n) is 4.30. The maximum absolute atomic E-state index is 4.48. The first-order valence-electron chi connectivity index (χ1n) is 6.24. The van der Waals surface area contributed by atoms with Crippen LogP contribution in [0.5, 0.6) is 0 Å². The van der Waals surface area contributed by atoms with Crippen LogP contribution < -0.4 is 0 Å². The lowest BCUT2D eigenvalue weighted by Crippen LogP contribution is -1.89. The van der Waals surface area contributed by atoms with Gasteiger partial charge in [0.05, 0.1) is 5.52 Å². The SMILES string of the molecule is CCCCCCc1cccc2cccnc12. The molecule has 2 aromatic rings. The van der Waals surface area contributed by atoms with E-state index >= 15 is 0 Å². The molecule has 0 N–H and O–H groups in total. The Morgan fingerprint density at radius 1 is 1.00 bits per heavy atom. The molecule has 1 nitrogen and oxygen atoms in total. The lowest BCUT2D eigenvalue weighted by Gasteiger charge is -2.05. The van der Waals surface area contributed by atoms with E-state index in [1.165, 1.54) is 42.1 Å². The van der Waals surface area contributed by atoms with Gasteiger partial charge in [0, 0.05) is 11.6 Å². The first-order chi connectivity index (χ1) is 7.92. The van der Waals surface area contributed by atoms with Gasteiger partial charge in [-0.05, 0) is 24.5 Å². The zero-order valence-electron chi connectivity index (χ0n) is 9.95. The van der Waals surface area contributed by atoms with E-state index in [4.69, 9.17) is 0 Å². The number of aromatic nitrogens is 1. The van der Waals surface area contributed by atoms with Gasteiger partial charge in [-0.15, -0.1) is 0 Å². The normalized spacial score (nSPS) is 10.8. The minimum atomic E-state index is 1.16. The highest BCUT2D eigenvalue weighted by Gasteiger charge is 2.00. The zero-order chi connectivity index (χ0) is 11.2. The predicted octanol–water partition coefficient (Wildman–Crippen LogP) is 4.36. The number of pyridine rings is 1. The number of benzene rings is 1. The summed E-state index contributed by atoms with van der Waals surface area (Å²) in [7, 11) is 0. The van der Waals surface area contributed by atoms with Crippen molar-refractivity contribution in [2.45, 2.75) is 39.0 Å². The molecule has 1 heterocycles. The van der Waals surface area contributed by atoms with Crippen LogP contribution >= 0.6 is 0 Å². The van der Waals surface area contributed by atoms with Crippen molar-refractivity contribution in [3.63, 3.8) is 0 Å². The molecule has 0 aliphatic heterocycles. The highest BCUT2D eigenvalue weighted by atomic mass is 14.6. The van der Waals surface area contributed by atoms with Gasteiger partial charge in [0.1, 0.15) is 0 Å². The molecule has 0 atom stereocenters. The summed E-state index contributed by atoms with van der Waals surface area (Å²) in [4.78, 5) is 4.48. The number of nitrogens with zero attached hydrogens (tertiary/aromatic N) is 1. The van der Waals surface area contributed by atoms with Crippen molar-refractivity contribution in [2.24, 2.45) is 0 Å². The van der Waals surface area contributed by atoms with Crippen molar-refractivity contribution in [1.82, 2.24) is 4.98 Å². The standard InChI is InChI=1S/C15H19N/c1-2-3-4-5-8-13-9-6-10-14-11-7-12-16-15(13)14/h6-7,9-12H,2-5,8H2,1H3. The van der Waals surface area contributed by atoms with Crippen molar-refractivity contribution in [3.05, 3.63) is 42.1 Å². The smallest absolute Gasteiger partial charge is 0.0733 e. The Kier molecular flexibility index (Phi) is 3.92. The molecule has 0 aliphatic rings. The molecule has 0 unspecified atom stereocenters.